The predicted octanol–water partition coefficient (Wildman–Crippen LogP) is 19.0. The van der Waals surface area contributed by atoms with E-state index in [2.05, 4.69) is 78.1 Å². The number of hydrogen-bond donors (Lipinski definition) is 16. The first-order valence-electron chi connectivity index (χ1n) is 43.0. The van der Waals surface area contributed by atoms with E-state index < -0.39 is 51.5 Å². The predicted molar refractivity (Wildman–Crippen MR) is 570 cm³/mol. The number of hydrogen-bond acceptors (Lipinski definition) is 23. The number of phenolic OH excluding ortho intramolecular Hbond substituents is 6. The molecule has 0 fully saturated rings. The van der Waals surface area contributed by atoms with Gasteiger partial charge in [0.25, 0.3) is 63.0 Å². The molecule has 5 heterocycles. The lowest BCUT2D eigenvalue weighted by molar-refractivity contribution is -0.385. The van der Waals surface area contributed by atoms with Crippen LogP contribution in [0.2, 0.25) is 50.2 Å². The first kappa shape index (κ1) is 110. The number of nitro benzene ring substituents is 1. The molecule has 49 heteroatoms. The van der Waals surface area contributed by atoms with Gasteiger partial charge in [-0.2, -0.15) is 25.5 Å². The van der Waals surface area contributed by atoms with Gasteiger partial charge in [-0.25, -0.2) is 50.5 Å². The van der Waals surface area contributed by atoms with Crippen LogP contribution in [-0.4, -0.2) is 143 Å². The third-order valence-corrected chi connectivity index (χ3v) is 25.3. The van der Waals surface area contributed by atoms with Gasteiger partial charge in [-0.05, 0) is 244 Å². The fourth-order valence-electron chi connectivity index (χ4n) is 14.4. The molecule has 148 heavy (non-hydrogen) atoms. The molecular formula is C99H81Cl10N21O18. The number of nitrogens with zero attached hydrogens (tertiary/aromatic N) is 11. The van der Waals surface area contributed by atoms with Crippen LogP contribution in [0.25, 0.3) is 39.2 Å². The van der Waals surface area contributed by atoms with E-state index in [0.717, 1.165) is 22.9 Å². The van der Waals surface area contributed by atoms with Crippen LogP contribution in [0.1, 0.15) is 143 Å². The van der Waals surface area contributed by atoms with Crippen molar-refractivity contribution < 1.29 is 59.5 Å². The Morgan fingerprint density at radius 2 is 0.561 bits per heavy atom. The number of amides is 5. The maximum atomic E-state index is 13.0. The lowest BCUT2D eigenvalue weighted by Crippen LogP contribution is -2.24. The number of hydrazone groups is 5. The molecule has 11 aromatic carbocycles. The molecule has 0 bridgehead atoms. The Labute approximate surface area is 885 Å². The molecule has 39 nitrogen and oxygen atoms in total. The van der Waals surface area contributed by atoms with E-state index in [1.54, 1.807) is 153 Å². The SMILES string of the molecule is CC(=NNC(=O)c1cc2ccccc2cc1O)c1c(C)[nH]n(-c2ccc(Cl)c(Cl)c2)c1=O.CC(=NNC(=O)c1ccc(O)c(O)c1)c1c(C)[nH]n(-c2ccc(Cl)c(Cl)c2)c1=O.CC(=NNC(=O)c1ccc(O)cc1)c1c(C)[nH]n(-c2ccc(Cl)c(Cl)c2)c1=O.CC(=NNC(=O)c1ccc(O)cc1O)c1c(C)[nH]n(-c2ccc(Cl)c(Cl)c2)c1=O.CC(=NNC(=O)c1ccccc1[N+](=O)[O-])c1c(C)[nH]n(-c2ccc(Cl)c(Cl)c2)c1=O. The second-order valence-electron chi connectivity index (χ2n) is 31.9. The molecule has 0 atom stereocenters. The zero-order valence-electron chi connectivity index (χ0n) is 78.5. The zero-order valence-corrected chi connectivity index (χ0v) is 86.0. The Hall–Kier alpha value is -16.5. The molecule has 0 aliphatic rings. The summed E-state index contributed by atoms with van der Waals surface area (Å²) < 4.78 is 6.51. The second-order valence-corrected chi connectivity index (χ2v) is 36.0. The number of halogens is 10. The van der Waals surface area contributed by atoms with Gasteiger partial charge in [0.15, 0.2) is 11.5 Å². The number of carbonyl (C=O) groups is 5. The highest BCUT2D eigenvalue weighted by Crippen LogP contribution is 2.33. The first-order chi connectivity index (χ1) is 70.1. The molecule has 16 rings (SSSR count). The average molecular weight is 2210 g/mol. The largest absolute Gasteiger partial charge is 0.508 e. The Kier molecular flexibility index (Phi) is 35.8. The standard InChI is InChI=1S/C23H18Cl2N4O3.C19H15Cl2N5O4.2C19H16Cl2N4O4.C19H16Cl2N4O3/c1-12(21-13(2)28-29(23(21)32)16-7-8-18(24)19(25)11-16)26-27-22(31)17-9-14-5-3-4-6-15(14)10-20(17)30;1-10(22-23-18(27)13-5-3-4-6-16(13)26(29)30)17-11(2)24-25(19(17)28)12-7-8-14(20)15(21)9-12;1-9(22-23-18(28)11-3-6-15(26)16(27)7-11)17-10(2)24-25(19(17)29)12-4-5-13(20)14(21)8-12;1-9(22-23-18(28)13-5-4-12(26)8-16(13)27)17-10(2)24-25(19(17)29)11-3-6-14(20)15(21)7-11;1-10(22-23-18(27)12-3-6-14(26)7-4-12)17-11(2)24-25(19(17)28)13-5-8-15(20)16(21)9-13/h3-11,28,30H,1-2H3,(H,27,31);3-9,24H,1-2H3,(H,23,27);2*3-8,24,26-27H,1-2H3,(H,23,28);3-9,24,26H,1-2H3,(H,23,27). The number of nitro groups is 1. The lowest BCUT2D eigenvalue weighted by Gasteiger charge is -2.06. The van der Waals surface area contributed by atoms with Crippen LogP contribution in [0.3, 0.4) is 0 Å². The Bertz CT molecular complexity index is 8470. The molecule has 16 aromatic rings. The summed E-state index contributed by atoms with van der Waals surface area (Å²) in [5, 5.41) is 108. The molecule has 0 spiro atoms. The summed E-state index contributed by atoms with van der Waals surface area (Å²) in [6.07, 6.45) is 0. The number of aromatic hydroxyl groups is 6. The molecule has 0 aliphatic heterocycles. The molecule has 0 radical (unpaired) electrons. The van der Waals surface area contributed by atoms with Crippen LogP contribution in [0.4, 0.5) is 5.69 Å². The Balaban J connectivity index is 0.000000164. The quantitative estimate of drug-likeness (QED) is 0.0137. The lowest BCUT2D eigenvalue weighted by atomic mass is 10.1. The van der Waals surface area contributed by atoms with Crippen molar-refractivity contribution >= 4 is 191 Å². The van der Waals surface area contributed by atoms with Crippen molar-refractivity contribution in [3.8, 4) is 62.9 Å². The van der Waals surface area contributed by atoms with Crippen molar-refractivity contribution in [1.82, 2.24) is 76.0 Å². The third-order valence-electron chi connectivity index (χ3n) is 21.6. The van der Waals surface area contributed by atoms with Crippen LogP contribution in [0.5, 0.6) is 34.5 Å². The maximum Gasteiger partial charge on any atom is 0.282 e. The topological polar surface area (TPSA) is 561 Å². The van der Waals surface area contributed by atoms with Gasteiger partial charge in [0.1, 0.15) is 28.6 Å². The minimum Gasteiger partial charge on any atom is -0.508 e. The van der Waals surface area contributed by atoms with E-state index in [4.69, 9.17) is 116 Å². The van der Waals surface area contributed by atoms with E-state index in [-0.39, 0.29) is 112 Å². The van der Waals surface area contributed by atoms with Crippen molar-refractivity contribution in [3.63, 3.8) is 0 Å². The van der Waals surface area contributed by atoms with Crippen LogP contribution >= 0.6 is 116 Å². The van der Waals surface area contributed by atoms with Gasteiger partial charge in [-0.15, -0.1) is 0 Å². The van der Waals surface area contributed by atoms with Gasteiger partial charge in [-0.1, -0.05) is 152 Å². The van der Waals surface area contributed by atoms with Gasteiger partial charge < -0.3 is 30.6 Å². The molecule has 0 unspecified atom stereocenters. The fourth-order valence-corrected chi connectivity index (χ4v) is 15.8. The van der Waals surface area contributed by atoms with Gasteiger partial charge in [0.2, 0.25) is 0 Å². The Morgan fingerprint density at radius 1 is 0.284 bits per heavy atom. The normalized spacial score (nSPS) is 11.5. The summed E-state index contributed by atoms with van der Waals surface area (Å²) in [4.78, 5) is 136. The molecule has 0 saturated heterocycles. The van der Waals surface area contributed by atoms with E-state index in [1.807, 2.05) is 24.3 Å². The molecule has 760 valence electrons. The number of aryl methyl sites for hydroxylation is 5. The highest BCUT2D eigenvalue weighted by Gasteiger charge is 2.26. The number of benzene rings is 11. The van der Waals surface area contributed by atoms with Crippen molar-refractivity contribution in [1.29, 1.82) is 0 Å². The molecule has 5 aromatic heterocycles. The number of H-pyrrole nitrogens is 5. The number of aromatic nitrogens is 10. The zero-order chi connectivity index (χ0) is 108. The van der Waals surface area contributed by atoms with Gasteiger partial charge in [0.05, 0.1) is 151 Å². The van der Waals surface area contributed by atoms with E-state index in [9.17, 15) is 88.7 Å². The minimum absolute atomic E-state index is 0.0574. The van der Waals surface area contributed by atoms with Gasteiger partial charge in [0, 0.05) is 51.7 Å². The van der Waals surface area contributed by atoms with E-state index in [1.165, 1.54) is 115 Å². The number of para-hydroxylation sites is 1. The van der Waals surface area contributed by atoms with Crippen LogP contribution < -0.4 is 54.9 Å². The molecular weight excluding hydrogens is 2130 g/mol. The number of fused-ring (bicyclic) bond motifs is 1. The van der Waals surface area contributed by atoms with Crippen molar-refractivity contribution in [2.24, 2.45) is 25.5 Å². The first-order valence-corrected chi connectivity index (χ1v) is 46.8. The van der Waals surface area contributed by atoms with Crippen molar-refractivity contribution in [2.75, 3.05) is 0 Å². The number of carbonyl (C=O) groups excluding carboxylic acids is 5. The maximum absolute atomic E-state index is 13.0. The van der Waals surface area contributed by atoms with Crippen LogP contribution in [0, 0.1) is 44.7 Å². The average Bonchev–Trinajstić information content (AvgIpc) is 1.64. The smallest absolute Gasteiger partial charge is 0.282 e. The molecule has 5 amide bonds. The second kappa shape index (κ2) is 48.0. The summed E-state index contributed by atoms with van der Waals surface area (Å²) in [7, 11) is 0. The minimum atomic E-state index is -0.764. The van der Waals surface area contributed by atoms with Crippen molar-refractivity contribution in [3.05, 3.63) is 409 Å². The molecule has 0 saturated carbocycles. The van der Waals surface area contributed by atoms with Crippen LogP contribution in [0.15, 0.2) is 262 Å². The number of nitrogens with one attached hydrogen (secondary N) is 10. The van der Waals surface area contributed by atoms with E-state index in [0.29, 0.717) is 130 Å². The molecule has 16 N–H and O–H groups in total. The van der Waals surface area contributed by atoms with Crippen molar-refractivity contribution in [2.45, 2.75) is 69.2 Å². The highest BCUT2D eigenvalue weighted by atomic mass is 35.5. The summed E-state index contributed by atoms with van der Waals surface area (Å²) >= 11 is 59.8. The highest BCUT2D eigenvalue weighted by molar-refractivity contribution is 6.44. The third kappa shape index (κ3) is 25.9. The summed E-state index contributed by atoms with van der Waals surface area (Å²) in [6.45, 7) is 16.4. The summed E-state index contributed by atoms with van der Waals surface area (Å²) in [5.74, 6) is -4.56. The van der Waals surface area contributed by atoms with E-state index >= 15 is 0 Å². The molecule has 0 aliphatic carbocycles. The number of aromatic amines is 5. The van der Waals surface area contributed by atoms with Crippen LogP contribution in [-0.2, 0) is 0 Å². The van der Waals surface area contributed by atoms with Gasteiger partial charge >= 0.3 is 0 Å². The van der Waals surface area contributed by atoms with Gasteiger partial charge in [-0.3, -0.25) is 83.6 Å². The number of rotatable bonds is 21. The fraction of sp³-hybridized carbons (Fsp3) is 0.101. The number of phenols is 6. The summed E-state index contributed by atoms with van der Waals surface area (Å²) in [5.41, 5.74) is 17.8. The summed E-state index contributed by atoms with van der Waals surface area (Å²) in [6, 6.07) is 52.8. The Morgan fingerprint density at radius 3 is 0.878 bits per heavy atom. The monoisotopic (exact) mass is 2200 g/mol.